The standard InChI is InChI=1S/C13H17NO5S/c1-9-3-4-10(7-11(9)12(15)16)20(17,18)14-13(2)5-6-19-8-13/h3-4,7,14H,5-6,8H2,1-2H3,(H,15,16). The van der Waals surface area contributed by atoms with Crippen LogP contribution in [0.4, 0.5) is 0 Å². The Balaban J connectivity index is 2.34. The second-order valence-electron chi connectivity index (χ2n) is 5.25. The molecule has 1 aliphatic heterocycles. The van der Waals surface area contributed by atoms with E-state index in [0.717, 1.165) is 0 Å². The Hall–Kier alpha value is -1.44. The molecule has 1 fully saturated rings. The van der Waals surface area contributed by atoms with E-state index in [9.17, 15) is 13.2 Å². The van der Waals surface area contributed by atoms with Crippen LogP contribution in [0.25, 0.3) is 0 Å². The lowest BCUT2D eigenvalue weighted by molar-refractivity contribution is 0.0696. The van der Waals surface area contributed by atoms with Gasteiger partial charge in [0.2, 0.25) is 10.0 Å². The number of rotatable bonds is 4. The number of nitrogens with one attached hydrogen (secondary N) is 1. The third-order valence-corrected chi connectivity index (χ3v) is 4.99. The largest absolute Gasteiger partial charge is 0.478 e. The molecular weight excluding hydrogens is 282 g/mol. The van der Waals surface area contributed by atoms with Crippen molar-refractivity contribution in [2.45, 2.75) is 30.7 Å². The van der Waals surface area contributed by atoms with Gasteiger partial charge in [-0.2, -0.15) is 0 Å². The fourth-order valence-electron chi connectivity index (χ4n) is 2.13. The minimum Gasteiger partial charge on any atom is -0.478 e. The Morgan fingerprint density at radius 1 is 1.45 bits per heavy atom. The van der Waals surface area contributed by atoms with E-state index in [-0.39, 0.29) is 10.5 Å². The number of ether oxygens (including phenoxy) is 1. The molecule has 1 unspecified atom stereocenters. The molecule has 2 rings (SSSR count). The molecule has 1 aliphatic rings. The predicted molar refractivity (Wildman–Crippen MR) is 72.3 cm³/mol. The number of aryl methyl sites for hydroxylation is 1. The highest BCUT2D eigenvalue weighted by atomic mass is 32.2. The van der Waals surface area contributed by atoms with E-state index in [2.05, 4.69) is 4.72 Å². The molecule has 1 aromatic carbocycles. The molecule has 7 heteroatoms. The summed E-state index contributed by atoms with van der Waals surface area (Å²) < 4.78 is 32.4. The summed E-state index contributed by atoms with van der Waals surface area (Å²) in [5.74, 6) is -1.14. The molecule has 0 spiro atoms. The first-order valence-electron chi connectivity index (χ1n) is 6.19. The molecule has 0 saturated carbocycles. The van der Waals surface area contributed by atoms with Gasteiger partial charge < -0.3 is 9.84 Å². The van der Waals surface area contributed by atoms with Crippen LogP contribution in [0.3, 0.4) is 0 Å². The van der Waals surface area contributed by atoms with E-state index in [1.54, 1.807) is 13.8 Å². The summed E-state index contributed by atoms with van der Waals surface area (Å²) in [5, 5.41) is 9.06. The molecule has 1 heterocycles. The van der Waals surface area contributed by atoms with Crippen LogP contribution < -0.4 is 4.72 Å². The maximum absolute atomic E-state index is 12.3. The van der Waals surface area contributed by atoms with E-state index < -0.39 is 21.5 Å². The number of hydrogen-bond donors (Lipinski definition) is 2. The Morgan fingerprint density at radius 2 is 2.15 bits per heavy atom. The molecule has 0 aliphatic carbocycles. The second-order valence-corrected chi connectivity index (χ2v) is 6.93. The van der Waals surface area contributed by atoms with Gasteiger partial charge in [-0.1, -0.05) is 6.07 Å². The van der Waals surface area contributed by atoms with Gasteiger partial charge in [0.15, 0.2) is 0 Å². The maximum atomic E-state index is 12.3. The first-order valence-corrected chi connectivity index (χ1v) is 7.67. The van der Waals surface area contributed by atoms with Crippen molar-refractivity contribution in [1.29, 1.82) is 0 Å². The van der Waals surface area contributed by atoms with E-state index >= 15 is 0 Å². The van der Waals surface area contributed by atoms with E-state index in [1.165, 1.54) is 18.2 Å². The number of sulfonamides is 1. The van der Waals surface area contributed by atoms with Gasteiger partial charge in [0.1, 0.15) is 0 Å². The number of aromatic carboxylic acids is 1. The quantitative estimate of drug-likeness (QED) is 0.870. The molecule has 1 aromatic rings. The van der Waals surface area contributed by atoms with Gasteiger partial charge in [0.25, 0.3) is 0 Å². The highest BCUT2D eigenvalue weighted by Gasteiger charge is 2.34. The number of hydrogen-bond acceptors (Lipinski definition) is 4. The normalized spacial score (nSPS) is 22.9. The van der Waals surface area contributed by atoms with Crippen LogP contribution in [0.2, 0.25) is 0 Å². The van der Waals surface area contributed by atoms with Crippen LogP contribution in [-0.2, 0) is 14.8 Å². The minimum atomic E-state index is -3.77. The molecule has 110 valence electrons. The second kappa shape index (κ2) is 5.16. The van der Waals surface area contributed by atoms with Crippen molar-refractivity contribution < 1.29 is 23.1 Å². The van der Waals surface area contributed by atoms with Crippen molar-refractivity contribution in [2.24, 2.45) is 0 Å². The first-order chi connectivity index (χ1) is 9.23. The zero-order chi connectivity index (χ0) is 15.0. The molecule has 2 N–H and O–H groups in total. The maximum Gasteiger partial charge on any atom is 0.335 e. The first kappa shape index (κ1) is 15.0. The zero-order valence-electron chi connectivity index (χ0n) is 11.3. The summed E-state index contributed by atoms with van der Waals surface area (Å²) in [6, 6.07) is 4.08. The number of benzene rings is 1. The van der Waals surface area contributed by atoms with Gasteiger partial charge in [-0.05, 0) is 38.0 Å². The molecule has 1 saturated heterocycles. The van der Waals surface area contributed by atoms with Crippen molar-refractivity contribution in [3.63, 3.8) is 0 Å². The summed E-state index contributed by atoms with van der Waals surface area (Å²) >= 11 is 0. The lowest BCUT2D eigenvalue weighted by atomic mass is 10.0. The molecule has 1 atom stereocenters. The molecular formula is C13H17NO5S. The highest BCUT2D eigenvalue weighted by Crippen LogP contribution is 2.22. The zero-order valence-corrected chi connectivity index (χ0v) is 12.2. The minimum absolute atomic E-state index is 0.0132. The van der Waals surface area contributed by atoms with E-state index in [0.29, 0.717) is 25.2 Å². The van der Waals surface area contributed by atoms with Gasteiger partial charge in [-0.3, -0.25) is 0 Å². The van der Waals surface area contributed by atoms with Crippen molar-refractivity contribution >= 4 is 16.0 Å². The fourth-order valence-corrected chi connectivity index (χ4v) is 3.58. The summed E-state index contributed by atoms with van der Waals surface area (Å²) in [7, 11) is -3.77. The summed E-state index contributed by atoms with van der Waals surface area (Å²) in [6.45, 7) is 4.21. The Labute approximate surface area is 117 Å². The predicted octanol–water partition coefficient (Wildman–Crippen LogP) is 1.15. The van der Waals surface area contributed by atoms with Crippen molar-refractivity contribution in [2.75, 3.05) is 13.2 Å². The van der Waals surface area contributed by atoms with Crippen LogP contribution >= 0.6 is 0 Å². The Bertz CT molecular complexity index is 632. The van der Waals surface area contributed by atoms with E-state index in [1.807, 2.05) is 0 Å². The SMILES string of the molecule is Cc1ccc(S(=O)(=O)NC2(C)CCOC2)cc1C(=O)O. The van der Waals surface area contributed by atoms with Crippen LogP contribution in [-0.4, -0.2) is 38.2 Å². The number of carboxylic acids is 1. The molecule has 0 aromatic heterocycles. The molecule has 0 bridgehead atoms. The van der Waals surface area contributed by atoms with Crippen molar-refractivity contribution in [3.8, 4) is 0 Å². The lowest BCUT2D eigenvalue weighted by Crippen LogP contribution is -2.46. The monoisotopic (exact) mass is 299 g/mol. The fraction of sp³-hybridized carbons (Fsp3) is 0.462. The lowest BCUT2D eigenvalue weighted by Gasteiger charge is -2.23. The van der Waals surface area contributed by atoms with Crippen LogP contribution in [0.5, 0.6) is 0 Å². The number of carboxylic acid groups (broad SMARTS) is 1. The van der Waals surface area contributed by atoms with Gasteiger partial charge in [0, 0.05) is 6.61 Å². The van der Waals surface area contributed by atoms with Crippen molar-refractivity contribution in [3.05, 3.63) is 29.3 Å². The third-order valence-electron chi connectivity index (χ3n) is 3.35. The van der Waals surface area contributed by atoms with Gasteiger partial charge in [-0.25, -0.2) is 17.9 Å². The Morgan fingerprint density at radius 3 is 2.70 bits per heavy atom. The van der Waals surface area contributed by atoms with Gasteiger partial charge in [-0.15, -0.1) is 0 Å². The average molecular weight is 299 g/mol. The van der Waals surface area contributed by atoms with Crippen molar-refractivity contribution in [1.82, 2.24) is 4.72 Å². The third kappa shape index (κ3) is 3.00. The molecule has 20 heavy (non-hydrogen) atoms. The summed E-state index contributed by atoms with van der Waals surface area (Å²) in [5.41, 5.74) is -0.139. The smallest absolute Gasteiger partial charge is 0.335 e. The van der Waals surface area contributed by atoms with Gasteiger partial charge in [0.05, 0.1) is 22.6 Å². The van der Waals surface area contributed by atoms with Crippen LogP contribution in [0.1, 0.15) is 29.3 Å². The number of carbonyl (C=O) groups is 1. The van der Waals surface area contributed by atoms with E-state index in [4.69, 9.17) is 9.84 Å². The molecule has 0 amide bonds. The average Bonchev–Trinajstić information content (AvgIpc) is 2.74. The molecule has 0 radical (unpaired) electrons. The van der Waals surface area contributed by atoms with Gasteiger partial charge >= 0.3 is 5.97 Å². The highest BCUT2D eigenvalue weighted by molar-refractivity contribution is 7.89. The molecule has 6 nitrogen and oxygen atoms in total. The summed E-state index contributed by atoms with van der Waals surface area (Å²) in [6.07, 6.45) is 0.587. The van der Waals surface area contributed by atoms with Crippen LogP contribution in [0, 0.1) is 6.92 Å². The Kier molecular flexibility index (Phi) is 3.86. The summed E-state index contributed by atoms with van der Waals surface area (Å²) in [4.78, 5) is 11.0. The topological polar surface area (TPSA) is 92.7 Å². The van der Waals surface area contributed by atoms with Crippen LogP contribution in [0.15, 0.2) is 23.1 Å².